The molecule has 0 bridgehead atoms. The Balaban J connectivity index is 1.06. The van der Waals surface area contributed by atoms with Crippen LogP contribution < -0.4 is 32.4 Å². The third kappa shape index (κ3) is 4.02. The second-order valence-corrected chi connectivity index (χ2v) is 16.9. The molecule has 0 N–H and O–H groups in total. The molecule has 11 rings (SSSR count). The molecule has 6 nitrogen and oxygen atoms in total. The smallest absolute Gasteiger partial charge is 0.216 e. The van der Waals surface area contributed by atoms with Gasteiger partial charge in [-0.1, -0.05) is 67.8 Å². The normalized spacial score (nSPS) is 15.1. The maximum absolute atomic E-state index is 13.5. The van der Waals surface area contributed by atoms with Crippen LogP contribution in [0.2, 0.25) is 0 Å². The standard InChI is InChI=1S/C42H24N2O4S3/c45-35-24-14-20-8-2-3-9-21(20)15-25(24)36(46)33(35)43-30-18-28-39(50-30)41-32(42(28)12-6-1-7-13-42)40-29(49-41)19-31(51-40)44-34-37(47)26-16-22-10-4-5-11-23(22)17-27(26)38(34)48/h2-5,8-11,14-19H,1,6-7,12-13H2. The van der Waals surface area contributed by atoms with Gasteiger partial charge in [0.15, 0.2) is 10.7 Å². The molecule has 9 aromatic rings. The molecule has 0 amide bonds. The SMILES string of the molecule is O=c1c(=Nc2cc3c(s2)-c2sc4cc(N=c5c(=O)c6cc7ccccc7cc6c5=O)sc4c2C32CCCCC2)c(=O)c2cc3ccccc3cc12. The molecule has 0 saturated heterocycles. The van der Waals surface area contributed by atoms with Gasteiger partial charge in [-0.2, -0.15) is 0 Å². The number of fused-ring (bicyclic) bond motifs is 11. The van der Waals surface area contributed by atoms with Crippen molar-refractivity contribution in [3.8, 4) is 9.75 Å². The van der Waals surface area contributed by atoms with Gasteiger partial charge in [-0.05, 0) is 76.3 Å². The van der Waals surface area contributed by atoms with Crippen molar-refractivity contribution in [2.24, 2.45) is 9.98 Å². The summed E-state index contributed by atoms with van der Waals surface area (Å²) in [4.78, 5) is 65.9. The summed E-state index contributed by atoms with van der Waals surface area (Å²) in [6.45, 7) is 0. The molecule has 244 valence electrons. The maximum atomic E-state index is 13.5. The van der Waals surface area contributed by atoms with Gasteiger partial charge in [0.1, 0.15) is 10.0 Å². The molecule has 2 aliphatic carbocycles. The van der Waals surface area contributed by atoms with Crippen LogP contribution in [0.3, 0.4) is 0 Å². The summed E-state index contributed by atoms with van der Waals surface area (Å²) in [5, 5.41) is 6.67. The molecular weight excluding hydrogens is 693 g/mol. The van der Waals surface area contributed by atoms with E-state index in [0.717, 1.165) is 61.5 Å². The highest BCUT2D eigenvalue weighted by Crippen LogP contribution is 2.64. The average molecular weight is 717 g/mol. The van der Waals surface area contributed by atoms with Crippen LogP contribution in [-0.4, -0.2) is 0 Å². The number of hydrogen-bond donors (Lipinski definition) is 0. The highest BCUT2D eigenvalue weighted by atomic mass is 32.1. The fraction of sp³-hybridized carbons (Fsp3) is 0.143. The van der Waals surface area contributed by atoms with Gasteiger partial charge in [0.2, 0.25) is 21.7 Å². The Bertz CT molecular complexity index is 3200. The Kier molecular flexibility index (Phi) is 6.03. The van der Waals surface area contributed by atoms with Crippen LogP contribution in [0.4, 0.5) is 10.0 Å². The molecule has 6 aromatic carbocycles. The first-order chi connectivity index (χ1) is 24.9. The average Bonchev–Trinajstić information content (AvgIpc) is 3.96. The highest BCUT2D eigenvalue weighted by Gasteiger charge is 2.48. The Morgan fingerprint density at radius 3 is 1.47 bits per heavy atom. The molecule has 3 aromatic heterocycles. The van der Waals surface area contributed by atoms with Crippen molar-refractivity contribution in [1.29, 1.82) is 0 Å². The van der Waals surface area contributed by atoms with Gasteiger partial charge in [-0.25, -0.2) is 9.98 Å². The first kappa shape index (κ1) is 29.5. The molecule has 3 heterocycles. The summed E-state index contributed by atoms with van der Waals surface area (Å²) in [7, 11) is 0. The van der Waals surface area contributed by atoms with Gasteiger partial charge in [-0.3, -0.25) is 19.2 Å². The fourth-order valence-corrected chi connectivity index (χ4v) is 12.7. The summed E-state index contributed by atoms with van der Waals surface area (Å²) in [6.07, 6.45) is 5.39. The second-order valence-electron chi connectivity index (χ2n) is 13.8. The van der Waals surface area contributed by atoms with Gasteiger partial charge in [-0.15, -0.1) is 34.0 Å². The monoisotopic (exact) mass is 716 g/mol. The van der Waals surface area contributed by atoms with E-state index in [0.29, 0.717) is 31.5 Å². The van der Waals surface area contributed by atoms with Crippen LogP contribution in [-0.2, 0) is 5.41 Å². The van der Waals surface area contributed by atoms with E-state index < -0.39 is 0 Å². The van der Waals surface area contributed by atoms with E-state index in [9.17, 15) is 19.2 Å². The first-order valence-electron chi connectivity index (χ1n) is 17.0. The van der Waals surface area contributed by atoms with Crippen LogP contribution >= 0.6 is 34.0 Å². The number of thiophene rings is 3. The lowest BCUT2D eigenvalue weighted by atomic mass is 9.68. The van der Waals surface area contributed by atoms with Crippen molar-refractivity contribution in [1.82, 2.24) is 0 Å². The molecule has 9 heteroatoms. The lowest BCUT2D eigenvalue weighted by molar-refractivity contribution is 0.356. The molecule has 0 unspecified atom stereocenters. The minimum absolute atomic E-state index is 0.0136. The van der Waals surface area contributed by atoms with Crippen molar-refractivity contribution in [3.63, 3.8) is 0 Å². The van der Waals surface area contributed by atoms with Crippen molar-refractivity contribution in [3.05, 3.63) is 148 Å². The summed E-state index contributed by atoms with van der Waals surface area (Å²) >= 11 is 4.82. The predicted molar refractivity (Wildman–Crippen MR) is 210 cm³/mol. The highest BCUT2D eigenvalue weighted by molar-refractivity contribution is 7.33. The minimum Gasteiger partial charge on any atom is -0.287 e. The van der Waals surface area contributed by atoms with E-state index in [1.807, 2.05) is 66.7 Å². The Labute approximate surface area is 300 Å². The Hall–Kier alpha value is -5.22. The number of benzene rings is 4. The zero-order valence-electron chi connectivity index (χ0n) is 26.9. The van der Waals surface area contributed by atoms with Crippen molar-refractivity contribution >= 4 is 96.5 Å². The van der Waals surface area contributed by atoms with E-state index in [2.05, 4.69) is 6.07 Å². The number of rotatable bonds is 2. The lowest BCUT2D eigenvalue weighted by Crippen LogP contribution is -2.31. The summed E-state index contributed by atoms with van der Waals surface area (Å²) in [5.41, 5.74) is 1.10. The topological polar surface area (TPSA) is 93.0 Å². The number of hydrogen-bond acceptors (Lipinski definition) is 9. The maximum Gasteiger partial charge on any atom is 0.216 e. The van der Waals surface area contributed by atoms with E-state index in [-0.39, 0.29) is 37.8 Å². The largest absolute Gasteiger partial charge is 0.287 e. The molecule has 0 aliphatic heterocycles. The van der Waals surface area contributed by atoms with Crippen LogP contribution in [0.1, 0.15) is 43.2 Å². The summed E-state index contributed by atoms with van der Waals surface area (Å²) in [6, 6.07) is 26.8. The van der Waals surface area contributed by atoms with E-state index >= 15 is 0 Å². The predicted octanol–water partition coefficient (Wildman–Crippen LogP) is 8.52. The minimum atomic E-state index is -0.321. The Morgan fingerprint density at radius 1 is 0.510 bits per heavy atom. The fourth-order valence-electron chi connectivity index (χ4n) is 8.66. The summed E-state index contributed by atoms with van der Waals surface area (Å²) < 4.78 is 2.25. The molecular formula is C42H24N2O4S3. The molecule has 0 radical (unpaired) electrons. The van der Waals surface area contributed by atoms with E-state index in [1.54, 1.807) is 46.1 Å². The van der Waals surface area contributed by atoms with Crippen LogP contribution in [0.5, 0.6) is 0 Å². The third-order valence-electron chi connectivity index (χ3n) is 11.0. The number of nitrogens with zero attached hydrogens (tertiary/aromatic N) is 2. The quantitative estimate of drug-likeness (QED) is 0.179. The van der Waals surface area contributed by atoms with Crippen molar-refractivity contribution in [2.45, 2.75) is 37.5 Å². The Morgan fingerprint density at radius 2 is 0.980 bits per heavy atom. The van der Waals surface area contributed by atoms with Crippen molar-refractivity contribution in [2.75, 3.05) is 0 Å². The van der Waals surface area contributed by atoms with Gasteiger partial charge in [0.25, 0.3) is 0 Å². The molecule has 1 fully saturated rings. The van der Waals surface area contributed by atoms with Gasteiger partial charge < -0.3 is 0 Å². The van der Waals surface area contributed by atoms with Gasteiger partial charge in [0.05, 0.1) is 14.5 Å². The molecule has 0 atom stereocenters. The van der Waals surface area contributed by atoms with Crippen LogP contribution in [0, 0.1) is 0 Å². The zero-order chi connectivity index (χ0) is 34.2. The third-order valence-corrected chi connectivity index (χ3v) is 14.5. The van der Waals surface area contributed by atoms with Gasteiger partial charge in [0, 0.05) is 37.2 Å². The van der Waals surface area contributed by atoms with Crippen LogP contribution in [0.25, 0.3) is 62.2 Å². The zero-order valence-corrected chi connectivity index (χ0v) is 29.3. The molecule has 1 spiro atoms. The molecule has 1 saturated carbocycles. The summed E-state index contributed by atoms with van der Waals surface area (Å²) in [5.74, 6) is 0. The van der Waals surface area contributed by atoms with E-state index in [4.69, 9.17) is 9.98 Å². The molecule has 2 aliphatic rings. The second kappa shape index (κ2) is 10.4. The van der Waals surface area contributed by atoms with Crippen LogP contribution in [0.15, 0.2) is 114 Å². The van der Waals surface area contributed by atoms with Crippen molar-refractivity contribution < 1.29 is 0 Å². The lowest BCUT2D eigenvalue weighted by Gasteiger charge is -2.34. The first-order valence-corrected chi connectivity index (χ1v) is 19.5. The van der Waals surface area contributed by atoms with Gasteiger partial charge >= 0.3 is 0 Å². The molecule has 51 heavy (non-hydrogen) atoms. The van der Waals surface area contributed by atoms with E-state index in [1.165, 1.54) is 22.4 Å².